The van der Waals surface area contributed by atoms with Gasteiger partial charge < -0.3 is 14.5 Å². The minimum absolute atomic E-state index is 0.129. The van der Waals surface area contributed by atoms with Gasteiger partial charge in [0.15, 0.2) is 0 Å². The highest BCUT2D eigenvalue weighted by Gasteiger charge is 2.23. The zero-order chi connectivity index (χ0) is 21.8. The van der Waals surface area contributed by atoms with Gasteiger partial charge in [-0.25, -0.2) is 4.98 Å². The van der Waals surface area contributed by atoms with E-state index in [9.17, 15) is 4.79 Å². The molecule has 0 aliphatic carbocycles. The van der Waals surface area contributed by atoms with Gasteiger partial charge in [0.2, 0.25) is 11.8 Å². The molecule has 31 heavy (non-hydrogen) atoms. The minimum Gasteiger partial charge on any atom is -0.439 e. The lowest BCUT2D eigenvalue weighted by Gasteiger charge is -2.35. The summed E-state index contributed by atoms with van der Waals surface area (Å²) in [5.74, 6) is 2.87. The second-order valence-electron chi connectivity index (χ2n) is 7.70. The number of rotatable bonds is 5. The molecule has 0 atom stereocenters. The Balaban J connectivity index is 1.37. The Morgan fingerprint density at radius 3 is 2.32 bits per heavy atom. The molecule has 0 bridgehead atoms. The number of halogens is 1. The van der Waals surface area contributed by atoms with E-state index in [0.29, 0.717) is 49.3 Å². The summed E-state index contributed by atoms with van der Waals surface area (Å²) in [5, 5.41) is 0.677. The SMILES string of the molecule is Cc1ccc(Oc2cc(N3CCN(C(=O)Cc4ccc(Cl)cc4)CC3)nc(C)n2)cc1. The largest absolute Gasteiger partial charge is 0.439 e. The Kier molecular flexibility index (Phi) is 6.37. The Labute approximate surface area is 187 Å². The molecule has 1 aromatic heterocycles. The van der Waals surface area contributed by atoms with Crippen LogP contribution >= 0.6 is 11.6 Å². The summed E-state index contributed by atoms with van der Waals surface area (Å²) in [7, 11) is 0. The van der Waals surface area contributed by atoms with Gasteiger partial charge >= 0.3 is 0 Å². The summed E-state index contributed by atoms with van der Waals surface area (Å²) in [6.07, 6.45) is 0.387. The van der Waals surface area contributed by atoms with Crippen molar-refractivity contribution < 1.29 is 9.53 Å². The fraction of sp³-hybridized carbons (Fsp3) is 0.292. The number of hydrogen-bond donors (Lipinski definition) is 0. The number of benzene rings is 2. The standard InChI is InChI=1S/C24H25ClN4O2/c1-17-3-9-21(10-4-17)31-23-16-22(26-18(2)27-23)28-11-13-29(14-12-28)24(30)15-19-5-7-20(25)8-6-19/h3-10,16H,11-15H2,1-2H3. The van der Waals surface area contributed by atoms with Crippen LogP contribution in [-0.4, -0.2) is 47.0 Å². The number of piperazine rings is 1. The zero-order valence-corrected chi connectivity index (χ0v) is 18.5. The van der Waals surface area contributed by atoms with Gasteiger partial charge in [0, 0.05) is 37.3 Å². The molecule has 0 saturated carbocycles. The molecule has 1 aliphatic heterocycles. The van der Waals surface area contributed by atoms with Gasteiger partial charge in [0.1, 0.15) is 17.4 Å². The van der Waals surface area contributed by atoms with Crippen molar-refractivity contribution in [2.75, 3.05) is 31.1 Å². The first kappa shape index (κ1) is 21.1. The van der Waals surface area contributed by atoms with Gasteiger partial charge in [0.25, 0.3) is 0 Å². The lowest BCUT2D eigenvalue weighted by molar-refractivity contribution is -0.130. The average molecular weight is 437 g/mol. The fourth-order valence-corrected chi connectivity index (χ4v) is 3.67. The Hall–Kier alpha value is -3.12. The molecule has 0 unspecified atom stereocenters. The van der Waals surface area contributed by atoms with Crippen LogP contribution in [0.4, 0.5) is 5.82 Å². The quantitative estimate of drug-likeness (QED) is 0.592. The van der Waals surface area contributed by atoms with Gasteiger partial charge in [-0.15, -0.1) is 0 Å². The first-order valence-electron chi connectivity index (χ1n) is 10.3. The van der Waals surface area contributed by atoms with Crippen LogP contribution in [-0.2, 0) is 11.2 Å². The van der Waals surface area contributed by atoms with Crippen LogP contribution < -0.4 is 9.64 Å². The number of amides is 1. The lowest BCUT2D eigenvalue weighted by Crippen LogP contribution is -2.49. The molecule has 0 radical (unpaired) electrons. The van der Waals surface area contributed by atoms with Crippen LogP contribution in [0.2, 0.25) is 5.02 Å². The molecule has 7 heteroatoms. The molecule has 160 valence electrons. The van der Waals surface area contributed by atoms with E-state index in [1.54, 1.807) is 0 Å². The van der Waals surface area contributed by atoms with Crippen LogP contribution in [0.1, 0.15) is 17.0 Å². The molecule has 1 amide bonds. The number of carbonyl (C=O) groups excluding carboxylic acids is 1. The number of aromatic nitrogens is 2. The number of hydrogen-bond acceptors (Lipinski definition) is 5. The fourth-order valence-electron chi connectivity index (χ4n) is 3.54. The van der Waals surface area contributed by atoms with Gasteiger partial charge in [-0.1, -0.05) is 41.4 Å². The summed E-state index contributed by atoms with van der Waals surface area (Å²) in [4.78, 5) is 25.7. The summed E-state index contributed by atoms with van der Waals surface area (Å²) >= 11 is 5.92. The van der Waals surface area contributed by atoms with Crippen LogP contribution in [0.5, 0.6) is 11.6 Å². The van der Waals surface area contributed by atoms with E-state index in [4.69, 9.17) is 16.3 Å². The second kappa shape index (κ2) is 9.35. The number of nitrogens with zero attached hydrogens (tertiary/aromatic N) is 4. The molecule has 0 N–H and O–H groups in total. The highest BCUT2D eigenvalue weighted by atomic mass is 35.5. The topological polar surface area (TPSA) is 58.6 Å². The molecule has 3 aromatic rings. The Morgan fingerprint density at radius 2 is 1.65 bits per heavy atom. The summed E-state index contributed by atoms with van der Waals surface area (Å²) in [6, 6.07) is 17.2. The van der Waals surface area contributed by atoms with Crippen molar-refractivity contribution in [3.8, 4) is 11.6 Å². The number of aryl methyl sites for hydroxylation is 2. The molecule has 1 aliphatic rings. The van der Waals surface area contributed by atoms with Gasteiger partial charge in [0.05, 0.1) is 6.42 Å². The number of ether oxygens (including phenoxy) is 1. The third kappa shape index (κ3) is 5.52. The maximum absolute atomic E-state index is 12.7. The van der Waals surface area contributed by atoms with Crippen LogP contribution in [0.15, 0.2) is 54.6 Å². The Morgan fingerprint density at radius 1 is 0.968 bits per heavy atom. The summed E-state index contributed by atoms with van der Waals surface area (Å²) in [6.45, 7) is 6.64. The Bertz CT molecular complexity index is 1050. The van der Waals surface area contributed by atoms with E-state index in [0.717, 1.165) is 17.1 Å². The lowest BCUT2D eigenvalue weighted by atomic mass is 10.1. The van der Waals surface area contributed by atoms with Crippen molar-refractivity contribution in [2.24, 2.45) is 0 Å². The summed E-state index contributed by atoms with van der Waals surface area (Å²) in [5.41, 5.74) is 2.15. The molecule has 6 nitrogen and oxygen atoms in total. The zero-order valence-electron chi connectivity index (χ0n) is 17.7. The molecule has 2 aromatic carbocycles. The van der Waals surface area contributed by atoms with Crippen molar-refractivity contribution in [2.45, 2.75) is 20.3 Å². The van der Waals surface area contributed by atoms with Crippen LogP contribution in [0.25, 0.3) is 0 Å². The molecule has 1 saturated heterocycles. The van der Waals surface area contributed by atoms with Crippen LogP contribution in [0, 0.1) is 13.8 Å². The highest BCUT2D eigenvalue weighted by molar-refractivity contribution is 6.30. The van der Waals surface area contributed by atoms with E-state index in [1.807, 2.05) is 73.3 Å². The molecule has 0 spiro atoms. The van der Waals surface area contributed by atoms with Gasteiger partial charge in [-0.3, -0.25) is 4.79 Å². The highest BCUT2D eigenvalue weighted by Crippen LogP contribution is 2.24. The third-order valence-electron chi connectivity index (χ3n) is 5.27. The van der Waals surface area contributed by atoms with Crippen LogP contribution in [0.3, 0.4) is 0 Å². The predicted octanol–water partition coefficient (Wildman–Crippen LogP) is 4.43. The minimum atomic E-state index is 0.129. The van der Waals surface area contributed by atoms with E-state index in [-0.39, 0.29) is 5.91 Å². The maximum Gasteiger partial charge on any atom is 0.227 e. The van der Waals surface area contributed by atoms with E-state index in [2.05, 4.69) is 14.9 Å². The van der Waals surface area contributed by atoms with E-state index < -0.39 is 0 Å². The predicted molar refractivity (Wildman–Crippen MR) is 122 cm³/mol. The first-order valence-corrected chi connectivity index (χ1v) is 10.7. The van der Waals surface area contributed by atoms with Gasteiger partial charge in [-0.05, 0) is 43.7 Å². The maximum atomic E-state index is 12.7. The van der Waals surface area contributed by atoms with E-state index >= 15 is 0 Å². The molecule has 1 fully saturated rings. The van der Waals surface area contributed by atoms with Crippen molar-refractivity contribution >= 4 is 23.3 Å². The molecule has 4 rings (SSSR count). The van der Waals surface area contributed by atoms with E-state index in [1.165, 1.54) is 5.56 Å². The van der Waals surface area contributed by atoms with Gasteiger partial charge in [-0.2, -0.15) is 4.98 Å². The van der Waals surface area contributed by atoms with Crippen molar-refractivity contribution in [1.29, 1.82) is 0 Å². The monoisotopic (exact) mass is 436 g/mol. The second-order valence-corrected chi connectivity index (χ2v) is 8.13. The van der Waals surface area contributed by atoms with Crippen molar-refractivity contribution in [3.63, 3.8) is 0 Å². The third-order valence-corrected chi connectivity index (χ3v) is 5.52. The number of carbonyl (C=O) groups is 1. The smallest absolute Gasteiger partial charge is 0.227 e. The molecule has 2 heterocycles. The molecular formula is C24H25ClN4O2. The molecular weight excluding hydrogens is 412 g/mol. The first-order chi connectivity index (χ1) is 15.0. The normalized spacial score (nSPS) is 13.9. The average Bonchev–Trinajstić information content (AvgIpc) is 2.77. The van der Waals surface area contributed by atoms with Crippen molar-refractivity contribution in [3.05, 3.63) is 76.6 Å². The van der Waals surface area contributed by atoms with Crippen molar-refractivity contribution in [1.82, 2.24) is 14.9 Å². The number of anilines is 1. The summed E-state index contributed by atoms with van der Waals surface area (Å²) < 4.78 is 5.93.